The van der Waals surface area contributed by atoms with Gasteiger partial charge in [-0.25, -0.2) is 0 Å². The van der Waals surface area contributed by atoms with Gasteiger partial charge in [0.2, 0.25) is 0 Å². The molecule has 0 radical (unpaired) electrons. The lowest BCUT2D eigenvalue weighted by Gasteiger charge is -2.08. The van der Waals surface area contributed by atoms with E-state index in [9.17, 15) is 10.1 Å². The van der Waals surface area contributed by atoms with Crippen LogP contribution in [-0.2, 0) is 0 Å². The van der Waals surface area contributed by atoms with E-state index in [1.54, 1.807) is 18.2 Å². The number of nitro groups is 1. The predicted molar refractivity (Wildman–Crippen MR) is 84.8 cm³/mol. The third kappa shape index (κ3) is 3.45. The van der Waals surface area contributed by atoms with Crippen molar-refractivity contribution in [3.63, 3.8) is 0 Å². The van der Waals surface area contributed by atoms with Crippen LogP contribution in [0.3, 0.4) is 0 Å². The molecule has 0 aliphatic rings. The lowest BCUT2D eigenvalue weighted by Crippen LogP contribution is -2.03. The average Bonchev–Trinajstić information content (AvgIpc) is 2.47. The van der Waals surface area contributed by atoms with E-state index in [0.717, 1.165) is 22.4 Å². The molecule has 0 saturated carbocycles. The Bertz CT molecular complexity index is 708. The molecule has 2 aromatic rings. The number of anilines is 1. The molecule has 1 N–H and O–H groups in total. The van der Waals surface area contributed by atoms with Crippen LogP contribution in [-0.4, -0.2) is 10.6 Å². The highest BCUT2D eigenvalue weighted by Gasteiger charge is 2.11. The van der Waals surface area contributed by atoms with Crippen LogP contribution in [0.15, 0.2) is 47.6 Å². The highest BCUT2D eigenvalue weighted by Crippen LogP contribution is 2.23. The lowest BCUT2D eigenvalue weighted by atomic mass is 10.0. The molecule has 108 valence electrons. The van der Waals surface area contributed by atoms with Gasteiger partial charge >= 0.3 is 0 Å². The van der Waals surface area contributed by atoms with Crippen LogP contribution >= 0.6 is 0 Å². The number of rotatable bonds is 4. The average molecular weight is 283 g/mol. The molecule has 21 heavy (non-hydrogen) atoms. The zero-order valence-electron chi connectivity index (χ0n) is 12.3. The highest BCUT2D eigenvalue weighted by atomic mass is 16.6. The van der Waals surface area contributed by atoms with E-state index in [1.165, 1.54) is 6.07 Å². The van der Waals surface area contributed by atoms with E-state index in [0.29, 0.717) is 5.69 Å². The summed E-state index contributed by atoms with van der Waals surface area (Å²) in [4.78, 5) is 10.5. The minimum Gasteiger partial charge on any atom is -0.271 e. The Morgan fingerprint density at radius 3 is 2.62 bits per heavy atom. The molecule has 0 fully saturated rings. The summed E-state index contributed by atoms with van der Waals surface area (Å²) in [7, 11) is 0. The fourth-order valence-electron chi connectivity index (χ4n) is 2.06. The fraction of sp³-hybridized carbons (Fsp3) is 0.188. The van der Waals surface area contributed by atoms with Gasteiger partial charge in [-0.2, -0.15) is 5.10 Å². The first kappa shape index (κ1) is 14.7. The van der Waals surface area contributed by atoms with E-state index < -0.39 is 4.92 Å². The third-order valence-electron chi connectivity index (χ3n) is 3.23. The molecule has 0 amide bonds. The maximum absolute atomic E-state index is 11.0. The van der Waals surface area contributed by atoms with E-state index in [-0.39, 0.29) is 5.69 Å². The van der Waals surface area contributed by atoms with Crippen LogP contribution in [0.2, 0.25) is 0 Å². The number of para-hydroxylation sites is 2. The SMILES string of the molecule is C/C(=N/Nc1ccccc1[N+](=O)[O-])c1cc(C)ccc1C. The van der Waals surface area contributed by atoms with Crippen LogP contribution in [0.1, 0.15) is 23.6 Å². The Kier molecular flexibility index (Phi) is 4.33. The van der Waals surface area contributed by atoms with Crippen molar-refractivity contribution >= 4 is 17.1 Å². The second-order valence-corrected chi connectivity index (χ2v) is 4.90. The quantitative estimate of drug-likeness (QED) is 0.523. The van der Waals surface area contributed by atoms with Gasteiger partial charge in [0.05, 0.1) is 10.6 Å². The van der Waals surface area contributed by atoms with E-state index in [4.69, 9.17) is 0 Å². The summed E-state index contributed by atoms with van der Waals surface area (Å²) in [5, 5.41) is 15.2. The van der Waals surface area contributed by atoms with Crippen molar-refractivity contribution in [1.82, 2.24) is 0 Å². The van der Waals surface area contributed by atoms with Crippen LogP contribution in [0.5, 0.6) is 0 Å². The fourth-order valence-corrected chi connectivity index (χ4v) is 2.06. The van der Waals surface area contributed by atoms with Crippen molar-refractivity contribution in [2.24, 2.45) is 5.10 Å². The summed E-state index contributed by atoms with van der Waals surface area (Å²) in [6, 6.07) is 12.6. The van der Waals surface area contributed by atoms with E-state index in [2.05, 4.69) is 16.6 Å². The molecular weight excluding hydrogens is 266 g/mol. The van der Waals surface area contributed by atoms with Crippen molar-refractivity contribution in [1.29, 1.82) is 0 Å². The van der Waals surface area contributed by atoms with Crippen molar-refractivity contribution in [3.05, 3.63) is 69.3 Å². The molecule has 0 spiro atoms. The van der Waals surface area contributed by atoms with Gasteiger partial charge < -0.3 is 0 Å². The molecule has 0 aliphatic carbocycles. The van der Waals surface area contributed by atoms with Crippen molar-refractivity contribution in [3.8, 4) is 0 Å². The third-order valence-corrected chi connectivity index (χ3v) is 3.23. The number of nitrogens with zero attached hydrogens (tertiary/aromatic N) is 2. The molecule has 0 unspecified atom stereocenters. The molecule has 0 saturated heterocycles. The van der Waals surface area contributed by atoms with Gasteiger partial charge in [-0.05, 0) is 38.5 Å². The lowest BCUT2D eigenvalue weighted by molar-refractivity contribution is -0.384. The standard InChI is InChI=1S/C16H17N3O2/c1-11-8-9-12(2)14(10-11)13(3)17-18-15-6-4-5-7-16(15)19(20)21/h4-10,18H,1-3H3/b17-13-. The molecule has 5 nitrogen and oxygen atoms in total. The van der Waals surface area contributed by atoms with Gasteiger partial charge in [-0.3, -0.25) is 15.5 Å². The van der Waals surface area contributed by atoms with Gasteiger partial charge in [-0.15, -0.1) is 0 Å². The summed E-state index contributed by atoms with van der Waals surface area (Å²) in [5.41, 5.74) is 7.26. The Hall–Kier alpha value is -2.69. The second-order valence-electron chi connectivity index (χ2n) is 4.90. The smallest absolute Gasteiger partial charge is 0.271 e. The van der Waals surface area contributed by atoms with Gasteiger partial charge in [0.15, 0.2) is 0 Å². The second kappa shape index (κ2) is 6.17. The molecule has 0 aliphatic heterocycles. The van der Waals surface area contributed by atoms with Gasteiger partial charge in [0.1, 0.15) is 5.69 Å². The molecular formula is C16H17N3O2. The van der Waals surface area contributed by atoms with Crippen LogP contribution in [0, 0.1) is 24.0 Å². The zero-order valence-corrected chi connectivity index (χ0v) is 12.3. The van der Waals surface area contributed by atoms with Crippen molar-refractivity contribution in [2.75, 3.05) is 5.43 Å². The first-order chi connectivity index (χ1) is 9.99. The first-order valence-corrected chi connectivity index (χ1v) is 6.60. The van der Waals surface area contributed by atoms with Crippen molar-refractivity contribution < 1.29 is 4.92 Å². The summed E-state index contributed by atoms with van der Waals surface area (Å²) >= 11 is 0. The molecule has 5 heteroatoms. The summed E-state index contributed by atoms with van der Waals surface area (Å²) < 4.78 is 0. The molecule has 0 atom stereocenters. The number of nitrogens with one attached hydrogen (secondary N) is 1. The summed E-state index contributed by atoms with van der Waals surface area (Å²) in [6.07, 6.45) is 0. The van der Waals surface area contributed by atoms with Gasteiger partial charge in [0.25, 0.3) is 5.69 Å². The maximum atomic E-state index is 11.0. The van der Waals surface area contributed by atoms with E-state index >= 15 is 0 Å². The number of nitro benzene ring substituents is 1. The zero-order chi connectivity index (χ0) is 15.4. The minimum absolute atomic E-state index is 0.00927. The Labute approximate surface area is 123 Å². The number of hydrogen-bond acceptors (Lipinski definition) is 4. The normalized spacial score (nSPS) is 11.3. The number of hydrogen-bond donors (Lipinski definition) is 1. The largest absolute Gasteiger partial charge is 0.294 e. The molecule has 2 aromatic carbocycles. The molecule has 2 rings (SSSR count). The van der Waals surface area contributed by atoms with E-state index in [1.807, 2.05) is 32.9 Å². The highest BCUT2D eigenvalue weighted by molar-refractivity contribution is 6.00. The van der Waals surface area contributed by atoms with Crippen LogP contribution < -0.4 is 5.43 Å². The number of aryl methyl sites for hydroxylation is 2. The molecule has 0 heterocycles. The molecule has 0 bridgehead atoms. The Morgan fingerprint density at radius 2 is 1.90 bits per heavy atom. The Morgan fingerprint density at radius 1 is 1.19 bits per heavy atom. The molecule has 0 aromatic heterocycles. The monoisotopic (exact) mass is 283 g/mol. The van der Waals surface area contributed by atoms with Gasteiger partial charge in [-0.1, -0.05) is 29.8 Å². The first-order valence-electron chi connectivity index (χ1n) is 6.60. The maximum Gasteiger partial charge on any atom is 0.294 e. The summed E-state index contributed by atoms with van der Waals surface area (Å²) in [5.74, 6) is 0. The topological polar surface area (TPSA) is 67.5 Å². The van der Waals surface area contributed by atoms with Gasteiger partial charge in [0, 0.05) is 11.6 Å². The minimum atomic E-state index is -0.425. The van der Waals surface area contributed by atoms with Crippen LogP contribution in [0.25, 0.3) is 0 Å². The van der Waals surface area contributed by atoms with Crippen LogP contribution in [0.4, 0.5) is 11.4 Å². The Balaban J connectivity index is 2.29. The number of hydrazone groups is 1. The summed E-state index contributed by atoms with van der Waals surface area (Å²) in [6.45, 7) is 5.91. The van der Waals surface area contributed by atoms with Crippen molar-refractivity contribution in [2.45, 2.75) is 20.8 Å². The number of benzene rings is 2. The predicted octanol–water partition coefficient (Wildman–Crippen LogP) is 4.05.